The molecule has 8 nitrogen and oxygen atoms in total. The quantitative estimate of drug-likeness (QED) is 0.531. The Balaban J connectivity index is 1.71. The van der Waals surface area contributed by atoms with Gasteiger partial charge in [-0.05, 0) is 64.4 Å². The third-order valence-corrected chi connectivity index (χ3v) is 7.47. The van der Waals surface area contributed by atoms with Gasteiger partial charge in [-0.25, -0.2) is 4.79 Å². The predicted molar refractivity (Wildman–Crippen MR) is 128 cm³/mol. The van der Waals surface area contributed by atoms with Crippen molar-refractivity contribution < 1.29 is 24.2 Å². The van der Waals surface area contributed by atoms with Gasteiger partial charge in [-0.2, -0.15) is 5.10 Å². The maximum absolute atomic E-state index is 13.6. The number of aromatic nitrogens is 2. The van der Waals surface area contributed by atoms with Crippen molar-refractivity contribution in [1.82, 2.24) is 15.1 Å². The Morgan fingerprint density at radius 2 is 1.79 bits per heavy atom. The molecule has 0 radical (unpaired) electrons. The van der Waals surface area contributed by atoms with Crippen LogP contribution in [0.5, 0.6) is 0 Å². The number of carbonyl (C=O) groups excluding carboxylic acids is 3. The van der Waals surface area contributed by atoms with Crippen molar-refractivity contribution in [2.45, 2.75) is 110 Å². The number of alkyl carbamates (subject to hydrolysis) is 1. The Kier molecular flexibility index (Phi) is 7.90. The van der Waals surface area contributed by atoms with Crippen molar-refractivity contribution >= 4 is 17.7 Å². The number of hydrogen-bond acceptors (Lipinski definition) is 6. The Labute approximate surface area is 202 Å². The summed E-state index contributed by atoms with van der Waals surface area (Å²) >= 11 is 0. The van der Waals surface area contributed by atoms with Crippen molar-refractivity contribution in [3.63, 3.8) is 0 Å². The van der Waals surface area contributed by atoms with E-state index in [1.165, 1.54) is 0 Å². The number of nitrogens with zero attached hydrogens (tertiary/aromatic N) is 2. The molecule has 0 aromatic carbocycles. The number of nitrogens with one attached hydrogen (secondary N) is 1. The minimum absolute atomic E-state index is 0.0183. The van der Waals surface area contributed by atoms with Gasteiger partial charge in [0.2, 0.25) is 0 Å². The zero-order chi connectivity index (χ0) is 25.1. The molecule has 2 aliphatic carbocycles. The molecule has 34 heavy (non-hydrogen) atoms. The molecule has 1 aromatic heterocycles. The van der Waals surface area contributed by atoms with Crippen LogP contribution in [0.4, 0.5) is 4.79 Å². The highest BCUT2D eigenvalue weighted by Gasteiger charge is 2.49. The number of Topliss-reactive ketones (excluding diaryl/α,β-unsaturated/α-hetero) is 2. The summed E-state index contributed by atoms with van der Waals surface area (Å²) in [5, 5.41) is 18.1. The maximum atomic E-state index is 13.6. The van der Waals surface area contributed by atoms with Gasteiger partial charge in [0.1, 0.15) is 11.7 Å². The van der Waals surface area contributed by atoms with Crippen LogP contribution in [0.15, 0.2) is 12.3 Å². The first-order chi connectivity index (χ1) is 15.8. The molecule has 0 aliphatic heterocycles. The van der Waals surface area contributed by atoms with Gasteiger partial charge in [-0.1, -0.05) is 26.2 Å². The number of amides is 1. The van der Waals surface area contributed by atoms with E-state index in [9.17, 15) is 19.5 Å². The van der Waals surface area contributed by atoms with Crippen LogP contribution in [0.2, 0.25) is 0 Å². The number of ketones is 2. The molecule has 2 saturated carbocycles. The molecular formula is C26H41N3O5. The number of rotatable bonds is 10. The van der Waals surface area contributed by atoms with Gasteiger partial charge < -0.3 is 15.2 Å². The first-order valence-corrected chi connectivity index (χ1v) is 12.5. The van der Waals surface area contributed by atoms with Crippen LogP contribution in [0.3, 0.4) is 0 Å². The van der Waals surface area contributed by atoms with Crippen molar-refractivity contribution in [1.29, 1.82) is 0 Å². The van der Waals surface area contributed by atoms with Gasteiger partial charge >= 0.3 is 6.09 Å². The van der Waals surface area contributed by atoms with E-state index < -0.39 is 29.3 Å². The minimum atomic E-state index is -1.23. The van der Waals surface area contributed by atoms with E-state index in [4.69, 9.17) is 4.74 Å². The zero-order valence-electron chi connectivity index (χ0n) is 21.4. The van der Waals surface area contributed by atoms with Gasteiger partial charge in [0.05, 0.1) is 18.2 Å². The summed E-state index contributed by atoms with van der Waals surface area (Å²) in [6.45, 7) is 7.53. The summed E-state index contributed by atoms with van der Waals surface area (Å²) in [7, 11) is 1.78. The molecule has 1 unspecified atom stereocenters. The SMILES string of the molecule is Cn1ccc(CC(=O)C(O)C2(CC(=O)[C@H](CC3(C)CCCC3)NC(=O)OC(C)(C)C)CCC2)n1. The highest BCUT2D eigenvalue weighted by Crippen LogP contribution is 2.48. The summed E-state index contributed by atoms with van der Waals surface area (Å²) in [5.74, 6) is -0.450. The monoisotopic (exact) mass is 475 g/mol. The minimum Gasteiger partial charge on any atom is -0.444 e. The number of aliphatic hydroxyl groups is 1. The first-order valence-electron chi connectivity index (χ1n) is 12.5. The third-order valence-electron chi connectivity index (χ3n) is 7.47. The molecule has 190 valence electrons. The average molecular weight is 476 g/mol. The summed E-state index contributed by atoms with van der Waals surface area (Å²) in [6, 6.07) is 1.06. The third kappa shape index (κ3) is 6.68. The molecule has 1 heterocycles. The van der Waals surface area contributed by atoms with E-state index in [0.29, 0.717) is 25.0 Å². The van der Waals surface area contributed by atoms with Crippen LogP contribution in [0.25, 0.3) is 0 Å². The van der Waals surface area contributed by atoms with Crippen molar-refractivity contribution in [2.75, 3.05) is 0 Å². The molecule has 2 aliphatic rings. The van der Waals surface area contributed by atoms with Crippen LogP contribution in [-0.4, -0.2) is 50.3 Å². The van der Waals surface area contributed by atoms with Crippen molar-refractivity contribution in [3.8, 4) is 0 Å². The van der Waals surface area contributed by atoms with Crippen LogP contribution in [0, 0.1) is 10.8 Å². The lowest BCUT2D eigenvalue weighted by molar-refractivity contribution is -0.143. The number of aryl methyl sites for hydroxylation is 1. The molecule has 0 bridgehead atoms. The van der Waals surface area contributed by atoms with E-state index in [1.54, 1.807) is 44.8 Å². The largest absolute Gasteiger partial charge is 0.444 e. The second-order valence-corrected chi connectivity index (χ2v) is 11.8. The molecule has 1 aromatic rings. The maximum Gasteiger partial charge on any atom is 0.408 e. The van der Waals surface area contributed by atoms with Gasteiger partial charge in [0, 0.05) is 25.1 Å². The normalized spacial score (nSPS) is 20.8. The second-order valence-electron chi connectivity index (χ2n) is 11.8. The summed E-state index contributed by atoms with van der Waals surface area (Å²) < 4.78 is 7.04. The lowest BCUT2D eigenvalue weighted by atomic mass is 9.60. The molecule has 2 atom stereocenters. The molecule has 0 spiro atoms. The van der Waals surface area contributed by atoms with Gasteiger partial charge in [0.25, 0.3) is 0 Å². The molecule has 8 heteroatoms. The fraction of sp³-hybridized carbons (Fsp3) is 0.769. The van der Waals surface area contributed by atoms with Crippen molar-refractivity contribution in [3.05, 3.63) is 18.0 Å². The van der Waals surface area contributed by atoms with Gasteiger partial charge in [-0.15, -0.1) is 0 Å². The number of aliphatic hydroxyl groups excluding tert-OH is 1. The fourth-order valence-electron chi connectivity index (χ4n) is 5.44. The Bertz CT molecular complexity index is 890. The topological polar surface area (TPSA) is 111 Å². The van der Waals surface area contributed by atoms with Crippen LogP contribution < -0.4 is 5.32 Å². The lowest BCUT2D eigenvalue weighted by Crippen LogP contribution is -2.52. The second kappa shape index (κ2) is 10.2. The highest BCUT2D eigenvalue weighted by atomic mass is 16.6. The first kappa shape index (κ1) is 26.4. The molecule has 2 N–H and O–H groups in total. The van der Waals surface area contributed by atoms with Crippen LogP contribution >= 0.6 is 0 Å². The molecule has 3 rings (SSSR count). The number of ether oxygens (including phenoxy) is 1. The average Bonchev–Trinajstić information content (AvgIpc) is 3.30. The number of carbonyl (C=O) groups is 3. The van der Waals surface area contributed by atoms with E-state index in [2.05, 4.69) is 17.3 Å². The predicted octanol–water partition coefficient (Wildman–Crippen LogP) is 3.89. The smallest absolute Gasteiger partial charge is 0.408 e. The Hall–Kier alpha value is -2.22. The molecular weight excluding hydrogens is 434 g/mol. The van der Waals surface area contributed by atoms with Gasteiger partial charge in [0.15, 0.2) is 11.6 Å². The van der Waals surface area contributed by atoms with Gasteiger partial charge in [-0.3, -0.25) is 14.3 Å². The fourth-order valence-corrected chi connectivity index (χ4v) is 5.44. The zero-order valence-corrected chi connectivity index (χ0v) is 21.4. The van der Waals surface area contributed by atoms with E-state index in [1.807, 2.05) is 0 Å². The summed E-state index contributed by atoms with van der Waals surface area (Å²) in [5.41, 5.74) is -0.854. The lowest BCUT2D eigenvalue weighted by Gasteiger charge is -2.45. The van der Waals surface area contributed by atoms with Crippen LogP contribution in [0.1, 0.15) is 91.2 Å². The van der Waals surface area contributed by atoms with E-state index in [0.717, 1.165) is 32.1 Å². The molecule has 0 saturated heterocycles. The van der Waals surface area contributed by atoms with Crippen LogP contribution in [-0.2, 0) is 27.8 Å². The van der Waals surface area contributed by atoms with E-state index in [-0.39, 0.29) is 29.8 Å². The summed E-state index contributed by atoms with van der Waals surface area (Å²) in [6.07, 6.45) is 6.94. The standard InChI is InChI=1S/C26H41N3O5/c1-24(2,3)34-23(33)27-19(16-25(4)10-6-7-11-25)21(31)17-26(12-8-13-26)22(32)20(30)15-18-9-14-29(5)28-18/h9,14,19,22,32H,6-8,10-13,15-17H2,1-5H3,(H,27,33)/t19-,22?/m0/s1. The Morgan fingerprint density at radius 3 is 2.29 bits per heavy atom. The molecule has 1 amide bonds. The Morgan fingerprint density at radius 1 is 1.15 bits per heavy atom. The van der Waals surface area contributed by atoms with Crippen molar-refractivity contribution in [2.24, 2.45) is 17.9 Å². The molecule has 2 fully saturated rings. The highest BCUT2D eigenvalue weighted by molar-refractivity contribution is 5.90. The van der Waals surface area contributed by atoms with E-state index >= 15 is 0 Å². The summed E-state index contributed by atoms with van der Waals surface area (Å²) in [4.78, 5) is 39.0. The number of hydrogen-bond donors (Lipinski definition) is 2.